The standard InChI is InChI=1S/C17H26N2O/c1-13-7-8-15(14(2)11-13)19-16(20)17(12-18)9-5-3-4-6-10-17/h7-8,11H,3-6,9-10,12,18H2,1-2H3,(H,19,20). The van der Waals surface area contributed by atoms with E-state index in [1.165, 1.54) is 18.4 Å². The molecule has 0 saturated heterocycles. The zero-order chi connectivity index (χ0) is 14.6. The highest BCUT2D eigenvalue weighted by Gasteiger charge is 2.37. The van der Waals surface area contributed by atoms with Gasteiger partial charge in [-0.3, -0.25) is 4.79 Å². The molecule has 1 aromatic carbocycles. The van der Waals surface area contributed by atoms with Gasteiger partial charge >= 0.3 is 0 Å². The van der Waals surface area contributed by atoms with Gasteiger partial charge < -0.3 is 11.1 Å². The van der Waals surface area contributed by atoms with Crippen molar-refractivity contribution in [3.8, 4) is 0 Å². The summed E-state index contributed by atoms with van der Waals surface area (Å²) in [5.41, 5.74) is 8.83. The number of carbonyl (C=O) groups is 1. The molecule has 0 heterocycles. The number of anilines is 1. The Morgan fingerprint density at radius 2 is 1.85 bits per heavy atom. The molecule has 20 heavy (non-hydrogen) atoms. The van der Waals surface area contributed by atoms with Crippen molar-refractivity contribution in [3.63, 3.8) is 0 Å². The molecule has 3 heteroatoms. The minimum Gasteiger partial charge on any atom is -0.329 e. The number of benzene rings is 1. The maximum atomic E-state index is 12.7. The number of hydrogen-bond donors (Lipinski definition) is 2. The van der Waals surface area contributed by atoms with Crippen LogP contribution in [-0.2, 0) is 4.79 Å². The molecule has 0 atom stereocenters. The average Bonchev–Trinajstić information content (AvgIpc) is 2.68. The molecule has 1 saturated carbocycles. The lowest BCUT2D eigenvalue weighted by atomic mass is 9.79. The minimum absolute atomic E-state index is 0.105. The predicted octanol–water partition coefficient (Wildman–Crippen LogP) is 3.54. The third-order valence-corrected chi connectivity index (χ3v) is 4.56. The van der Waals surface area contributed by atoms with Crippen LogP contribution in [0.3, 0.4) is 0 Å². The Hall–Kier alpha value is -1.35. The van der Waals surface area contributed by atoms with Gasteiger partial charge in [0.1, 0.15) is 0 Å². The van der Waals surface area contributed by atoms with Gasteiger partial charge in [0.05, 0.1) is 5.41 Å². The summed E-state index contributed by atoms with van der Waals surface area (Å²) in [6.45, 7) is 4.54. The average molecular weight is 274 g/mol. The molecule has 0 spiro atoms. The van der Waals surface area contributed by atoms with Crippen LogP contribution in [0.15, 0.2) is 18.2 Å². The number of aryl methyl sites for hydroxylation is 2. The van der Waals surface area contributed by atoms with E-state index in [1.807, 2.05) is 19.1 Å². The van der Waals surface area contributed by atoms with Gasteiger partial charge in [0.15, 0.2) is 0 Å². The van der Waals surface area contributed by atoms with E-state index < -0.39 is 0 Å². The van der Waals surface area contributed by atoms with Gasteiger partial charge in [0, 0.05) is 12.2 Å². The van der Waals surface area contributed by atoms with Gasteiger partial charge in [-0.25, -0.2) is 0 Å². The lowest BCUT2D eigenvalue weighted by Crippen LogP contribution is -2.42. The van der Waals surface area contributed by atoms with Crippen molar-refractivity contribution in [2.24, 2.45) is 11.1 Å². The van der Waals surface area contributed by atoms with E-state index in [1.54, 1.807) is 0 Å². The van der Waals surface area contributed by atoms with E-state index in [0.29, 0.717) is 6.54 Å². The van der Waals surface area contributed by atoms with Gasteiger partial charge in [-0.1, -0.05) is 43.4 Å². The molecular weight excluding hydrogens is 248 g/mol. The summed E-state index contributed by atoms with van der Waals surface area (Å²) in [5, 5.41) is 3.11. The van der Waals surface area contributed by atoms with Crippen molar-refractivity contribution in [1.82, 2.24) is 0 Å². The quantitative estimate of drug-likeness (QED) is 0.828. The number of nitrogens with two attached hydrogens (primary N) is 1. The van der Waals surface area contributed by atoms with E-state index in [2.05, 4.69) is 18.3 Å². The first-order valence-corrected chi connectivity index (χ1v) is 7.66. The van der Waals surface area contributed by atoms with Gasteiger partial charge in [0.2, 0.25) is 5.91 Å². The van der Waals surface area contributed by atoms with Crippen LogP contribution in [0.2, 0.25) is 0 Å². The van der Waals surface area contributed by atoms with Crippen LogP contribution in [0.5, 0.6) is 0 Å². The zero-order valence-electron chi connectivity index (χ0n) is 12.7. The Morgan fingerprint density at radius 1 is 1.20 bits per heavy atom. The molecule has 3 N–H and O–H groups in total. The number of carbonyl (C=O) groups excluding carboxylic acids is 1. The van der Waals surface area contributed by atoms with Crippen molar-refractivity contribution in [3.05, 3.63) is 29.3 Å². The van der Waals surface area contributed by atoms with Crippen molar-refractivity contribution in [2.75, 3.05) is 11.9 Å². The predicted molar refractivity (Wildman–Crippen MR) is 83.7 cm³/mol. The molecular formula is C17H26N2O. The van der Waals surface area contributed by atoms with Crippen molar-refractivity contribution in [1.29, 1.82) is 0 Å². The Kier molecular flexibility index (Phi) is 4.81. The zero-order valence-corrected chi connectivity index (χ0v) is 12.7. The molecule has 1 fully saturated rings. The highest BCUT2D eigenvalue weighted by molar-refractivity contribution is 5.96. The van der Waals surface area contributed by atoms with Gasteiger partial charge in [-0.2, -0.15) is 0 Å². The normalized spacial score (nSPS) is 18.4. The van der Waals surface area contributed by atoms with Crippen LogP contribution < -0.4 is 11.1 Å². The van der Waals surface area contributed by atoms with Crippen LogP contribution in [0.4, 0.5) is 5.69 Å². The first-order valence-electron chi connectivity index (χ1n) is 7.66. The van der Waals surface area contributed by atoms with E-state index in [9.17, 15) is 4.79 Å². The summed E-state index contributed by atoms with van der Waals surface area (Å²) in [6, 6.07) is 6.12. The molecule has 1 amide bonds. The smallest absolute Gasteiger partial charge is 0.231 e. The number of rotatable bonds is 3. The molecule has 0 aliphatic heterocycles. The molecule has 0 unspecified atom stereocenters. The summed E-state index contributed by atoms with van der Waals surface area (Å²) >= 11 is 0. The molecule has 1 aromatic rings. The van der Waals surface area contributed by atoms with Crippen LogP contribution in [-0.4, -0.2) is 12.5 Å². The molecule has 1 aliphatic rings. The maximum Gasteiger partial charge on any atom is 0.231 e. The number of nitrogens with one attached hydrogen (secondary N) is 1. The Labute approximate surface area is 121 Å². The largest absolute Gasteiger partial charge is 0.329 e. The molecule has 0 bridgehead atoms. The Morgan fingerprint density at radius 3 is 2.40 bits per heavy atom. The molecule has 110 valence electrons. The monoisotopic (exact) mass is 274 g/mol. The second kappa shape index (κ2) is 6.40. The number of amides is 1. The summed E-state index contributed by atoms with van der Waals surface area (Å²) in [5.74, 6) is 0.105. The molecule has 1 aliphatic carbocycles. The highest BCUT2D eigenvalue weighted by Crippen LogP contribution is 2.35. The van der Waals surface area contributed by atoms with E-state index in [-0.39, 0.29) is 11.3 Å². The second-order valence-corrected chi connectivity index (χ2v) is 6.17. The fourth-order valence-corrected chi connectivity index (χ4v) is 3.14. The maximum absolute atomic E-state index is 12.7. The van der Waals surface area contributed by atoms with Gasteiger partial charge in [-0.15, -0.1) is 0 Å². The summed E-state index contributed by atoms with van der Waals surface area (Å²) in [4.78, 5) is 12.7. The summed E-state index contributed by atoms with van der Waals surface area (Å²) < 4.78 is 0. The van der Waals surface area contributed by atoms with Crippen LogP contribution in [0.25, 0.3) is 0 Å². The Balaban J connectivity index is 2.16. The Bertz CT molecular complexity index is 474. The first-order chi connectivity index (χ1) is 9.57. The van der Waals surface area contributed by atoms with Crippen molar-refractivity contribution < 1.29 is 4.79 Å². The lowest BCUT2D eigenvalue weighted by Gasteiger charge is -2.30. The fourth-order valence-electron chi connectivity index (χ4n) is 3.14. The van der Waals surface area contributed by atoms with Crippen LogP contribution in [0, 0.1) is 19.3 Å². The van der Waals surface area contributed by atoms with Crippen LogP contribution in [0.1, 0.15) is 49.7 Å². The van der Waals surface area contributed by atoms with Crippen molar-refractivity contribution >= 4 is 11.6 Å². The lowest BCUT2D eigenvalue weighted by molar-refractivity contribution is -0.125. The molecule has 2 rings (SSSR count). The third-order valence-electron chi connectivity index (χ3n) is 4.56. The van der Waals surface area contributed by atoms with Crippen LogP contribution >= 0.6 is 0 Å². The van der Waals surface area contributed by atoms with E-state index >= 15 is 0 Å². The first kappa shape index (κ1) is 15.0. The second-order valence-electron chi connectivity index (χ2n) is 6.17. The van der Waals surface area contributed by atoms with Gasteiger partial charge in [0.25, 0.3) is 0 Å². The van der Waals surface area contributed by atoms with E-state index in [4.69, 9.17) is 5.73 Å². The molecule has 0 radical (unpaired) electrons. The molecule has 3 nitrogen and oxygen atoms in total. The topological polar surface area (TPSA) is 55.1 Å². The highest BCUT2D eigenvalue weighted by atomic mass is 16.2. The van der Waals surface area contributed by atoms with Gasteiger partial charge in [-0.05, 0) is 38.3 Å². The molecule has 0 aromatic heterocycles. The summed E-state index contributed by atoms with van der Waals surface area (Å²) in [7, 11) is 0. The minimum atomic E-state index is -0.367. The summed E-state index contributed by atoms with van der Waals surface area (Å²) in [6.07, 6.45) is 6.49. The number of hydrogen-bond acceptors (Lipinski definition) is 2. The fraction of sp³-hybridized carbons (Fsp3) is 0.588. The third kappa shape index (κ3) is 3.21. The van der Waals surface area contributed by atoms with Crippen molar-refractivity contribution in [2.45, 2.75) is 52.4 Å². The SMILES string of the molecule is Cc1ccc(NC(=O)C2(CN)CCCCCC2)c(C)c1. The van der Waals surface area contributed by atoms with E-state index in [0.717, 1.165) is 36.9 Å².